The van der Waals surface area contributed by atoms with Crippen molar-refractivity contribution in [1.82, 2.24) is 10.2 Å². The lowest BCUT2D eigenvalue weighted by Gasteiger charge is -2.50. The molecule has 1 fully saturated rings. The molecule has 1 saturated carbocycles. The second-order valence-electron chi connectivity index (χ2n) is 7.16. The first-order valence-electron chi connectivity index (χ1n) is 8.92. The van der Waals surface area contributed by atoms with Gasteiger partial charge in [0.1, 0.15) is 0 Å². The average Bonchev–Trinajstić information content (AvgIpc) is 2.44. The summed E-state index contributed by atoms with van der Waals surface area (Å²) in [6.45, 7) is 10.6. The fourth-order valence-electron chi connectivity index (χ4n) is 4.31. The van der Waals surface area contributed by atoms with Crippen molar-refractivity contribution in [2.75, 3.05) is 20.6 Å². The molecule has 1 unspecified atom stereocenters. The highest BCUT2D eigenvalue weighted by Gasteiger charge is 2.42. The molecule has 0 spiro atoms. The SMILES string of the molecule is CCCNC(C1CCC(C)CC1)C(CC)(CC)N(C)C. The average molecular weight is 283 g/mol. The molecule has 0 amide bonds. The van der Waals surface area contributed by atoms with Gasteiger partial charge in [-0.3, -0.25) is 0 Å². The summed E-state index contributed by atoms with van der Waals surface area (Å²) in [5.41, 5.74) is 0.320. The van der Waals surface area contributed by atoms with Crippen LogP contribution in [0.3, 0.4) is 0 Å². The number of rotatable bonds is 8. The Labute approximate surface area is 127 Å². The molecule has 1 rings (SSSR count). The van der Waals surface area contributed by atoms with E-state index in [9.17, 15) is 0 Å². The third-order valence-corrected chi connectivity index (χ3v) is 5.84. The van der Waals surface area contributed by atoms with E-state index in [4.69, 9.17) is 0 Å². The second kappa shape index (κ2) is 8.38. The molecule has 1 aliphatic carbocycles. The molecule has 120 valence electrons. The summed E-state index contributed by atoms with van der Waals surface area (Å²) >= 11 is 0. The number of nitrogens with one attached hydrogen (secondary N) is 1. The van der Waals surface area contributed by atoms with E-state index in [0.29, 0.717) is 11.6 Å². The lowest BCUT2D eigenvalue weighted by molar-refractivity contribution is 0.0443. The van der Waals surface area contributed by atoms with Crippen LogP contribution in [0.4, 0.5) is 0 Å². The highest BCUT2D eigenvalue weighted by molar-refractivity contribution is 5.01. The molecular weight excluding hydrogens is 244 g/mol. The van der Waals surface area contributed by atoms with E-state index in [1.807, 2.05) is 0 Å². The number of hydrogen-bond acceptors (Lipinski definition) is 2. The monoisotopic (exact) mass is 282 g/mol. The van der Waals surface area contributed by atoms with Crippen molar-refractivity contribution in [1.29, 1.82) is 0 Å². The molecule has 0 bridgehead atoms. The van der Waals surface area contributed by atoms with Gasteiger partial charge in [-0.1, -0.05) is 40.5 Å². The zero-order chi connectivity index (χ0) is 15.2. The Hall–Kier alpha value is -0.0800. The summed E-state index contributed by atoms with van der Waals surface area (Å²) in [5.74, 6) is 1.80. The van der Waals surface area contributed by atoms with E-state index in [2.05, 4.69) is 52.0 Å². The minimum atomic E-state index is 0.320. The fourth-order valence-corrected chi connectivity index (χ4v) is 4.31. The molecule has 1 aliphatic rings. The zero-order valence-corrected chi connectivity index (χ0v) is 14.8. The third kappa shape index (κ3) is 3.98. The first-order chi connectivity index (χ1) is 9.51. The Kier molecular flexibility index (Phi) is 7.53. The highest BCUT2D eigenvalue weighted by Crippen LogP contribution is 2.38. The van der Waals surface area contributed by atoms with Crippen LogP contribution in [0.1, 0.15) is 72.6 Å². The van der Waals surface area contributed by atoms with Gasteiger partial charge in [-0.25, -0.2) is 0 Å². The summed E-state index contributed by atoms with van der Waals surface area (Å²) < 4.78 is 0. The van der Waals surface area contributed by atoms with Crippen LogP contribution < -0.4 is 5.32 Å². The van der Waals surface area contributed by atoms with Gasteiger partial charge >= 0.3 is 0 Å². The van der Waals surface area contributed by atoms with Crippen LogP contribution in [0.5, 0.6) is 0 Å². The highest BCUT2D eigenvalue weighted by atomic mass is 15.2. The lowest BCUT2D eigenvalue weighted by Crippen LogP contribution is -2.61. The summed E-state index contributed by atoms with van der Waals surface area (Å²) in [6, 6.07) is 0.653. The quantitative estimate of drug-likeness (QED) is 0.714. The lowest BCUT2D eigenvalue weighted by atomic mass is 9.70. The zero-order valence-electron chi connectivity index (χ0n) is 14.8. The van der Waals surface area contributed by atoms with E-state index in [1.54, 1.807) is 0 Å². The summed E-state index contributed by atoms with van der Waals surface area (Å²) in [5, 5.41) is 3.94. The van der Waals surface area contributed by atoms with E-state index in [-0.39, 0.29) is 0 Å². The summed E-state index contributed by atoms with van der Waals surface area (Å²) in [6.07, 6.45) is 9.39. The molecule has 1 atom stereocenters. The van der Waals surface area contributed by atoms with Gasteiger partial charge in [0, 0.05) is 11.6 Å². The van der Waals surface area contributed by atoms with Crippen molar-refractivity contribution in [3.8, 4) is 0 Å². The molecule has 0 saturated heterocycles. The maximum atomic E-state index is 3.94. The molecule has 0 radical (unpaired) electrons. The molecule has 2 heteroatoms. The van der Waals surface area contributed by atoms with E-state index in [1.165, 1.54) is 44.9 Å². The van der Waals surface area contributed by atoms with E-state index in [0.717, 1.165) is 18.4 Å². The minimum absolute atomic E-state index is 0.320. The number of nitrogens with zero attached hydrogens (tertiary/aromatic N) is 1. The molecule has 20 heavy (non-hydrogen) atoms. The Balaban J connectivity index is 2.90. The van der Waals surface area contributed by atoms with Gasteiger partial charge in [0.25, 0.3) is 0 Å². The number of hydrogen-bond donors (Lipinski definition) is 1. The first kappa shape index (κ1) is 18.0. The smallest absolute Gasteiger partial charge is 0.0353 e. The van der Waals surface area contributed by atoms with Crippen LogP contribution in [0.25, 0.3) is 0 Å². The number of likely N-dealkylation sites (N-methyl/N-ethyl adjacent to an activating group) is 1. The fraction of sp³-hybridized carbons (Fsp3) is 1.00. The molecule has 1 N–H and O–H groups in total. The molecule has 0 aliphatic heterocycles. The van der Waals surface area contributed by atoms with Gasteiger partial charge in [-0.15, -0.1) is 0 Å². The van der Waals surface area contributed by atoms with Crippen LogP contribution in [0.2, 0.25) is 0 Å². The van der Waals surface area contributed by atoms with Gasteiger partial charge in [-0.2, -0.15) is 0 Å². The third-order valence-electron chi connectivity index (χ3n) is 5.84. The Morgan fingerprint density at radius 1 is 1.05 bits per heavy atom. The predicted octanol–water partition coefficient (Wildman–Crippen LogP) is 4.30. The molecule has 0 aromatic rings. The maximum Gasteiger partial charge on any atom is 0.0353 e. The molecule has 2 nitrogen and oxygen atoms in total. The second-order valence-corrected chi connectivity index (χ2v) is 7.16. The molecule has 0 heterocycles. The first-order valence-corrected chi connectivity index (χ1v) is 8.92. The maximum absolute atomic E-state index is 3.94. The summed E-state index contributed by atoms with van der Waals surface area (Å²) in [4.78, 5) is 2.50. The van der Waals surface area contributed by atoms with Crippen LogP contribution in [-0.2, 0) is 0 Å². The van der Waals surface area contributed by atoms with Gasteiger partial charge < -0.3 is 10.2 Å². The Bertz CT molecular complexity index is 250. The molecule has 0 aromatic heterocycles. The van der Waals surface area contributed by atoms with Crippen LogP contribution in [0, 0.1) is 11.8 Å². The van der Waals surface area contributed by atoms with Gasteiger partial charge in [0.05, 0.1) is 0 Å². The predicted molar refractivity (Wildman–Crippen MR) is 90.2 cm³/mol. The molecule has 0 aromatic carbocycles. The van der Waals surface area contributed by atoms with Gasteiger partial charge in [0.2, 0.25) is 0 Å². The standard InChI is InChI=1S/C18H38N2/c1-7-14-19-17(16-12-10-15(4)11-13-16)18(8-2,9-3)20(5)6/h15-17,19H,7-14H2,1-6H3. The van der Waals surface area contributed by atoms with E-state index >= 15 is 0 Å². The normalized spacial score (nSPS) is 25.9. The largest absolute Gasteiger partial charge is 0.312 e. The van der Waals surface area contributed by atoms with Crippen molar-refractivity contribution < 1.29 is 0 Å². The summed E-state index contributed by atoms with van der Waals surface area (Å²) in [7, 11) is 4.55. The van der Waals surface area contributed by atoms with Crippen LogP contribution in [0.15, 0.2) is 0 Å². The van der Waals surface area contributed by atoms with Gasteiger partial charge in [0.15, 0.2) is 0 Å². The van der Waals surface area contributed by atoms with E-state index < -0.39 is 0 Å². The Morgan fingerprint density at radius 2 is 1.60 bits per heavy atom. The van der Waals surface area contributed by atoms with Crippen molar-refractivity contribution in [3.63, 3.8) is 0 Å². The molecular formula is C18H38N2. The van der Waals surface area contributed by atoms with Crippen LogP contribution in [-0.4, -0.2) is 37.1 Å². The van der Waals surface area contributed by atoms with Crippen molar-refractivity contribution >= 4 is 0 Å². The van der Waals surface area contributed by atoms with Crippen LogP contribution >= 0.6 is 0 Å². The van der Waals surface area contributed by atoms with Crippen molar-refractivity contribution in [2.45, 2.75) is 84.2 Å². The Morgan fingerprint density at radius 3 is 2.00 bits per heavy atom. The topological polar surface area (TPSA) is 15.3 Å². The minimum Gasteiger partial charge on any atom is -0.312 e. The van der Waals surface area contributed by atoms with Gasteiger partial charge in [-0.05, 0) is 64.6 Å². The van der Waals surface area contributed by atoms with Crippen molar-refractivity contribution in [2.24, 2.45) is 11.8 Å². The van der Waals surface area contributed by atoms with Crippen molar-refractivity contribution in [3.05, 3.63) is 0 Å².